The van der Waals surface area contributed by atoms with E-state index in [-0.39, 0.29) is 5.60 Å². The Kier molecular flexibility index (Phi) is 5.63. The van der Waals surface area contributed by atoms with Gasteiger partial charge in [0.05, 0.1) is 17.8 Å². The molecule has 0 atom stereocenters. The molecule has 16 heavy (non-hydrogen) atoms. The molecule has 0 heterocycles. The minimum atomic E-state index is -4.43. The van der Waals surface area contributed by atoms with E-state index in [0.717, 1.165) is 6.42 Å². The monoisotopic (exact) mass is 254 g/mol. The maximum absolute atomic E-state index is 10.7. The van der Waals surface area contributed by atoms with Crippen LogP contribution in [-0.4, -0.2) is 27.6 Å². The second kappa shape index (κ2) is 5.61. The Bertz CT molecular complexity index is 256. The highest BCUT2D eigenvalue weighted by Gasteiger charge is 2.29. The highest BCUT2D eigenvalue weighted by molar-refractivity contribution is 7.46. The zero-order chi connectivity index (χ0) is 13.0. The third kappa shape index (κ3) is 8.25. The van der Waals surface area contributed by atoms with Crippen molar-refractivity contribution in [1.29, 1.82) is 0 Å². The summed E-state index contributed by atoms with van der Waals surface area (Å²) < 4.78 is 21.0. The molecule has 0 spiro atoms. The summed E-state index contributed by atoms with van der Waals surface area (Å²) in [6.45, 7) is 9.65. The molecule has 6 heteroatoms. The molecule has 0 aliphatic heterocycles. The van der Waals surface area contributed by atoms with Crippen LogP contribution in [0.3, 0.4) is 0 Å². The standard InChI is InChI=1S/C10H23O5P/c1-6-9(2,3)14-8-7-10(4,5)15-16(11,12)13/h6-8H2,1-5H3,(H2,11,12,13). The van der Waals surface area contributed by atoms with Crippen molar-refractivity contribution in [2.75, 3.05) is 6.61 Å². The van der Waals surface area contributed by atoms with E-state index in [9.17, 15) is 4.57 Å². The second-order valence-electron chi connectivity index (χ2n) is 5.05. The molecule has 0 saturated heterocycles. The van der Waals surface area contributed by atoms with Crippen molar-refractivity contribution in [1.82, 2.24) is 0 Å². The quantitative estimate of drug-likeness (QED) is 0.682. The molecule has 0 fully saturated rings. The van der Waals surface area contributed by atoms with Gasteiger partial charge in [-0.1, -0.05) is 6.92 Å². The Balaban J connectivity index is 4.06. The lowest BCUT2D eigenvalue weighted by Crippen LogP contribution is -2.29. The smallest absolute Gasteiger partial charge is 0.375 e. The van der Waals surface area contributed by atoms with Crippen LogP contribution in [0.4, 0.5) is 0 Å². The van der Waals surface area contributed by atoms with Crippen LogP contribution in [0.25, 0.3) is 0 Å². The summed E-state index contributed by atoms with van der Waals surface area (Å²) >= 11 is 0. The molecule has 0 radical (unpaired) electrons. The summed E-state index contributed by atoms with van der Waals surface area (Å²) in [4.78, 5) is 17.4. The van der Waals surface area contributed by atoms with Crippen LogP contribution < -0.4 is 0 Å². The maximum Gasteiger partial charge on any atom is 0.470 e. The molecule has 0 aliphatic carbocycles. The molecule has 0 aromatic rings. The van der Waals surface area contributed by atoms with Crippen LogP contribution in [0.15, 0.2) is 0 Å². The zero-order valence-corrected chi connectivity index (χ0v) is 11.6. The molecule has 0 aromatic heterocycles. The fourth-order valence-electron chi connectivity index (χ4n) is 1.04. The predicted octanol–water partition coefficient (Wildman–Crippen LogP) is 2.47. The summed E-state index contributed by atoms with van der Waals surface area (Å²) in [5, 5.41) is 0. The number of hydrogen-bond donors (Lipinski definition) is 2. The number of hydrogen-bond acceptors (Lipinski definition) is 3. The van der Waals surface area contributed by atoms with Gasteiger partial charge in [0.1, 0.15) is 0 Å². The van der Waals surface area contributed by atoms with Crippen LogP contribution in [0, 0.1) is 0 Å². The van der Waals surface area contributed by atoms with Gasteiger partial charge < -0.3 is 14.5 Å². The fraction of sp³-hybridized carbons (Fsp3) is 1.00. The van der Waals surface area contributed by atoms with Gasteiger partial charge in [-0.05, 0) is 40.5 Å². The van der Waals surface area contributed by atoms with Crippen molar-refractivity contribution in [2.24, 2.45) is 0 Å². The van der Waals surface area contributed by atoms with E-state index >= 15 is 0 Å². The third-order valence-electron chi connectivity index (χ3n) is 2.41. The minimum Gasteiger partial charge on any atom is -0.375 e. The van der Waals surface area contributed by atoms with Crippen molar-refractivity contribution < 1.29 is 23.6 Å². The van der Waals surface area contributed by atoms with Crippen LogP contribution in [0.5, 0.6) is 0 Å². The topological polar surface area (TPSA) is 76.0 Å². The molecule has 0 saturated carbocycles. The summed E-state index contributed by atoms with van der Waals surface area (Å²) in [5.74, 6) is 0. The molecule has 0 aliphatic rings. The Morgan fingerprint density at radius 3 is 2.00 bits per heavy atom. The first kappa shape index (κ1) is 16.1. The van der Waals surface area contributed by atoms with Gasteiger partial charge in [-0.3, -0.25) is 4.52 Å². The van der Waals surface area contributed by atoms with E-state index in [2.05, 4.69) is 4.52 Å². The lowest BCUT2D eigenvalue weighted by atomic mass is 10.0. The SMILES string of the molecule is CCC(C)(C)OCCC(C)(C)OP(=O)(O)O. The maximum atomic E-state index is 10.7. The van der Waals surface area contributed by atoms with E-state index in [1.165, 1.54) is 0 Å². The number of phosphoric acid groups is 1. The van der Waals surface area contributed by atoms with E-state index in [1.54, 1.807) is 13.8 Å². The van der Waals surface area contributed by atoms with Gasteiger partial charge in [-0.25, -0.2) is 4.57 Å². The van der Waals surface area contributed by atoms with Gasteiger partial charge in [0.15, 0.2) is 0 Å². The van der Waals surface area contributed by atoms with Crippen LogP contribution >= 0.6 is 7.82 Å². The first-order valence-electron chi connectivity index (χ1n) is 5.38. The van der Waals surface area contributed by atoms with Gasteiger partial charge >= 0.3 is 7.82 Å². The van der Waals surface area contributed by atoms with Crippen LogP contribution in [0.2, 0.25) is 0 Å². The zero-order valence-electron chi connectivity index (χ0n) is 10.7. The van der Waals surface area contributed by atoms with Gasteiger partial charge in [-0.15, -0.1) is 0 Å². The Hall–Kier alpha value is 0.0700. The Morgan fingerprint density at radius 2 is 1.62 bits per heavy atom. The predicted molar refractivity (Wildman–Crippen MR) is 62.1 cm³/mol. The summed E-state index contributed by atoms with van der Waals surface area (Å²) in [5.41, 5.74) is -1.10. The molecular formula is C10H23O5P. The average molecular weight is 254 g/mol. The minimum absolute atomic E-state index is 0.210. The first-order valence-corrected chi connectivity index (χ1v) is 6.91. The normalized spacial score (nSPS) is 14.2. The van der Waals surface area contributed by atoms with Gasteiger partial charge in [0.25, 0.3) is 0 Å². The van der Waals surface area contributed by atoms with Crippen molar-refractivity contribution in [3.05, 3.63) is 0 Å². The van der Waals surface area contributed by atoms with Gasteiger partial charge in [0.2, 0.25) is 0 Å². The molecule has 0 rings (SSSR count). The highest BCUT2D eigenvalue weighted by Crippen LogP contribution is 2.42. The second-order valence-corrected chi connectivity index (χ2v) is 6.22. The molecule has 0 unspecified atom stereocenters. The Morgan fingerprint density at radius 1 is 1.12 bits per heavy atom. The first-order chi connectivity index (χ1) is 6.97. The summed E-state index contributed by atoms with van der Waals surface area (Å²) in [7, 11) is -4.43. The number of rotatable bonds is 7. The van der Waals surface area contributed by atoms with E-state index in [1.807, 2.05) is 20.8 Å². The molecule has 0 aromatic carbocycles. The summed E-state index contributed by atoms with van der Waals surface area (Å²) in [6, 6.07) is 0. The van der Waals surface area contributed by atoms with Crippen molar-refractivity contribution in [3.8, 4) is 0 Å². The molecule has 5 nitrogen and oxygen atoms in total. The van der Waals surface area contributed by atoms with E-state index in [0.29, 0.717) is 13.0 Å². The number of ether oxygens (including phenoxy) is 1. The van der Waals surface area contributed by atoms with Crippen LogP contribution in [-0.2, 0) is 13.8 Å². The molecular weight excluding hydrogens is 231 g/mol. The average Bonchev–Trinajstić information content (AvgIpc) is 1.98. The van der Waals surface area contributed by atoms with Crippen molar-refractivity contribution in [3.63, 3.8) is 0 Å². The molecule has 98 valence electrons. The molecule has 2 N–H and O–H groups in total. The lowest BCUT2D eigenvalue weighted by molar-refractivity contribution is -0.0462. The van der Waals surface area contributed by atoms with Crippen molar-refractivity contribution >= 4 is 7.82 Å². The summed E-state index contributed by atoms with van der Waals surface area (Å²) in [6.07, 6.45) is 1.31. The molecule has 0 bridgehead atoms. The lowest BCUT2D eigenvalue weighted by Gasteiger charge is -2.28. The van der Waals surface area contributed by atoms with E-state index < -0.39 is 13.4 Å². The van der Waals surface area contributed by atoms with Gasteiger partial charge in [-0.2, -0.15) is 0 Å². The van der Waals surface area contributed by atoms with Crippen LogP contribution in [0.1, 0.15) is 47.5 Å². The number of phosphoric ester groups is 1. The van der Waals surface area contributed by atoms with Gasteiger partial charge in [0, 0.05) is 0 Å². The van der Waals surface area contributed by atoms with E-state index in [4.69, 9.17) is 14.5 Å². The Labute approximate surface area is 97.4 Å². The third-order valence-corrected chi connectivity index (χ3v) is 3.15. The molecule has 0 amide bonds. The highest BCUT2D eigenvalue weighted by atomic mass is 31.2. The largest absolute Gasteiger partial charge is 0.470 e. The fourth-order valence-corrected chi connectivity index (χ4v) is 1.78. The van der Waals surface area contributed by atoms with Crippen molar-refractivity contribution in [2.45, 2.75) is 58.7 Å².